The van der Waals surface area contributed by atoms with Gasteiger partial charge in [0, 0.05) is 43.3 Å². The molecular weight excluding hydrogens is 248 g/mol. The highest BCUT2D eigenvalue weighted by Gasteiger charge is 2.22. The Hall–Kier alpha value is -1.81. The number of rotatable bonds is 3. The zero-order chi connectivity index (χ0) is 13.8. The number of likely N-dealkylation sites (tertiary alicyclic amines) is 1. The van der Waals surface area contributed by atoms with E-state index in [2.05, 4.69) is 32.0 Å². The van der Waals surface area contributed by atoms with Gasteiger partial charge in [-0.05, 0) is 44.0 Å². The first-order chi connectivity index (χ1) is 9.81. The van der Waals surface area contributed by atoms with Crippen molar-refractivity contribution in [2.45, 2.75) is 32.2 Å². The minimum absolute atomic E-state index is 0.530. The Morgan fingerprint density at radius 3 is 3.05 bits per heavy atom. The van der Waals surface area contributed by atoms with Crippen molar-refractivity contribution >= 4 is 0 Å². The number of pyridine rings is 1. The highest BCUT2D eigenvalue weighted by Crippen LogP contribution is 2.26. The van der Waals surface area contributed by atoms with Crippen molar-refractivity contribution in [3.8, 4) is 0 Å². The van der Waals surface area contributed by atoms with E-state index in [1.54, 1.807) is 0 Å². The normalized spacial score (nSPS) is 19.9. The van der Waals surface area contributed by atoms with E-state index in [4.69, 9.17) is 0 Å². The van der Waals surface area contributed by atoms with Crippen LogP contribution in [0.1, 0.15) is 35.8 Å². The van der Waals surface area contributed by atoms with Crippen LogP contribution in [0, 0.1) is 6.92 Å². The molecule has 0 radical (unpaired) electrons. The molecule has 4 heteroatoms. The SMILES string of the molecule is Cc1nccc(C2CCCN(Cc3cccnc3)C2)n1. The number of hydrogen-bond acceptors (Lipinski definition) is 4. The van der Waals surface area contributed by atoms with Crippen molar-refractivity contribution in [2.75, 3.05) is 13.1 Å². The molecule has 1 saturated heterocycles. The molecule has 1 unspecified atom stereocenters. The Bertz CT molecular complexity index is 555. The van der Waals surface area contributed by atoms with Crippen molar-refractivity contribution in [3.05, 3.63) is 53.9 Å². The highest BCUT2D eigenvalue weighted by molar-refractivity contribution is 5.12. The zero-order valence-electron chi connectivity index (χ0n) is 11.9. The molecule has 1 aliphatic heterocycles. The van der Waals surface area contributed by atoms with E-state index in [9.17, 15) is 0 Å². The Kier molecular flexibility index (Phi) is 4.02. The van der Waals surface area contributed by atoms with Crippen LogP contribution >= 0.6 is 0 Å². The van der Waals surface area contributed by atoms with Crippen LogP contribution in [0.5, 0.6) is 0 Å². The topological polar surface area (TPSA) is 41.9 Å². The first-order valence-electron chi connectivity index (χ1n) is 7.22. The predicted octanol–water partition coefficient (Wildman–Crippen LogP) is 2.56. The first-order valence-corrected chi connectivity index (χ1v) is 7.22. The average Bonchev–Trinajstić information content (AvgIpc) is 2.49. The molecule has 1 fully saturated rings. The van der Waals surface area contributed by atoms with Gasteiger partial charge in [-0.25, -0.2) is 9.97 Å². The fraction of sp³-hybridized carbons (Fsp3) is 0.438. The molecule has 0 aliphatic carbocycles. The molecule has 0 spiro atoms. The van der Waals surface area contributed by atoms with Crippen molar-refractivity contribution in [1.29, 1.82) is 0 Å². The molecule has 2 aromatic heterocycles. The van der Waals surface area contributed by atoms with Crippen LogP contribution in [0.2, 0.25) is 0 Å². The maximum absolute atomic E-state index is 4.59. The smallest absolute Gasteiger partial charge is 0.125 e. The van der Waals surface area contributed by atoms with E-state index in [-0.39, 0.29) is 0 Å². The monoisotopic (exact) mass is 268 g/mol. The third-order valence-electron chi connectivity index (χ3n) is 3.85. The summed E-state index contributed by atoms with van der Waals surface area (Å²) in [7, 11) is 0. The Morgan fingerprint density at radius 1 is 1.30 bits per heavy atom. The second-order valence-corrected chi connectivity index (χ2v) is 5.46. The molecule has 3 rings (SSSR count). The second-order valence-electron chi connectivity index (χ2n) is 5.46. The van der Waals surface area contributed by atoms with E-state index < -0.39 is 0 Å². The van der Waals surface area contributed by atoms with Gasteiger partial charge in [-0.3, -0.25) is 9.88 Å². The lowest BCUT2D eigenvalue weighted by Crippen LogP contribution is -2.34. The zero-order valence-corrected chi connectivity index (χ0v) is 11.9. The largest absolute Gasteiger partial charge is 0.298 e. The first kappa shape index (κ1) is 13.2. The molecule has 3 heterocycles. The summed E-state index contributed by atoms with van der Waals surface area (Å²) < 4.78 is 0. The molecule has 1 aliphatic rings. The predicted molar refractivity (Wildman–Crippen MR) is 78.3 cm³/mol. The van der Waals surface area contributed by atoms with Gasteiger partial charge in [0.2, 0.25) is 0 Å². The second kappa shape index (κ2) is 6.09. The van der Waals surface area contributed by atoms with Crippen molar-refractivity contribution in [3.63, 3.8) is 0 Å². The van der Waals surface area contributed by atoms with Gasteiger partial charge >= 0.3 is 0 Å². The lowest BCUT2D eigenvalue weighted by molar-refractivity contribution is 0.198. The molecule has 1 atom stereocenters. The van der Waals surface area contributed by atoms with E-state index in [0.29, 0.717) is 5.92 Å². The van der Waals surface area contributed by atoms with Gasteiger partial charge in [-0.1, -0.05) is 6.07 Å². The van der Waals surface area contributed by atoms with Crippen molar-refractivity contribution in [1.82, 2.24) is 19.9 Å². The van der Waals surface area contributed by atoms with Gasteiger partial charge in [-0.2, -0.15) is 0 Å². The van der Waals surface area contributed by atoms with Gasteiger partial charge in [0.05, 0.1) is 0 Å². The average molecular weight is 268 g/mol. The molecule has 2 aromatic rings. The van der Waals surface area contributed by atoms with Gasteiger partial charge in [0.1, 0.15) is 5.82 Å². The summed E-state index contributed by atoms with van der Waals surface area (Å²) in [6.45, 7) is 5.18. The molecule has 0 aromatic carbocycles. The van der Waals surface area contributed by atoms with Crippen molar-refractivity contribution < 1.29 is 0 Å². The lowest BCUT2D eigenvalue weighted by atomic mass is 9.94. The highest BCUT2D eigenvalue weighted by atomic mass is 15.1. The quantitative estimate of drug-likeness (QED) is 0.858. The lowest BCUT2D eigenvalue weighted by Gasteiger charge is -2.32. The third-order valence-corrected chi connectivity index (χ3v) is 3.85. The van der Waals surface area contributed by atoms with Crippen LogP contribution in [0.15, 0.2) is 36.8 Å². The minimum Gasteiger partial charge on any atom is -0.298 e. The van der Waals surface area contributed by atoms with Crippen molar-refractivity contribution in [2.24, 2.45) is 0 Å². The van der Waals surface area contributed by atoms with Gasteiger partial charge in [-0.15, -0.1) is 0 Å². The summed E-state index contributed by atoms with van der Waals surface area (Å²) in [5.41, 5.74) is 2.47. The van der Waals surface area contributed by atoms with Gasteiger partial charge in [0.15, 0.2) is 0 Å². The number of aromatic nitrogens is 3. The number of nitrogens with zero attached hydrogens (tertiary/aromatic N) is 4. The minimum atomic E-state index is 0.530. The molecule has 0 amide bonds. The van der Waals surface area contributed by atoms with E-state index >= 15 is 0 Å². The third kappa shape index (κ3) is 3.20. The fourth-order valence-corrected chi connectivity index (χ4v) is 2.89. The van der Waals surface area contributed by atoms with Crippen LogP contribution in [-0.4, -0.2) is 32.9 Å². The summed E-state index contributed by atoms with van der Waals surface area (Å²) >= 11 is 0. The molecule has 0 saturated carbocycles. The van der Waals surface area contributed by atoms with E-state index in [1.165, 1.54) is 24.1 Å². The summed E-state index contributed by atoms with van der Waals surface area (Å²) in [5, 5.41) is 0. The van der Waals surface area contributed by atoms with E-state index in [0.717, 1.165) is 25.5 Å². The molecule has 0 N–H and O–H groups in total. The summed E-state index contributed by atoms with van der Waals surface area (Å²) in [6, 6.07) is 6.21. The molecular formula is C16H20N4. The molecule has 4 nitrogen and oxygen atoms in total. The van der Waals surface area contributed by atoms with Crippen LogP contribution in [0.25, 0.3) is 0 Å². The van der Waals surface area contributed by atoms with Crippen LogP contribution in [-0.2, 0) is 6.54 Å². The maximum atomic E-state index is 4.59. The number of piperidine rings is 1. The van der Waals surface area contributed by atoms with Crippen LogP contribution < -0.4 is 0 Å². The Labute approximate surface area is 119 Å². The van der Waals surface area contributed by atoms with E-state index in [1.807, 2.05) is 31.6 Å². The standard InChI is InChI=1S/C16H20N4/c1-13-18-8-6-16(19-13)15-5-3-9-20(12-15)11-14-4-2-7-17-10-14/h2,4,6-8,10,15H,3,5,9,11-12H2,1H3. The Morgan fingerprint density at radius 2 is 2.25 bits per heavy atom. The summed E-state index contributed by atoms with van der Waals surface area (Å²) in [4.78, 5) is 15.5. The summed E-state index contributed by atoms with van der Waals surface area (Å²) in [5.74, 6) is 1.40. The number of aryl methyl sites for hydroxylation is 1. The van der Waals surface area contributed by atoms with Gasteiger partial charge < -0.3 is 0 Å². The molecule has 104 valence electrons. The van der Waals surface area contributed by atoms with Crippen LogP contribution in [0.4, 0.5) is 0 Å². The Balaban J connectivity index is 1.67. The maximum Gasteiger partial charge on any atom is 0.125 e. The molecule has 20 heavy (non-hydrogen) atoms. The number of hydrogen-bond donors (Lipinski definition) is 0. The van der Waals surface area contributed by atoms with Crippen LogP contribution in [0.3, 0.4) is 0 Å². The molecule has 0 bridgehead atoms. The van der Waals surface area contributed by atoms with Gasteiger partial charge in [0.25, 0.3) is 0 Å². The summed E-state index contributed by atoms with van der Waals surface area (Å²) in [6.07, 6.45) is 8.11. The fourth-order valence-electron chi connectivity index (χ4n) is 2.89.